The van der Waals surface area contributed by atoms with E-state index < -0.39 is 0 Å². The molecule has 0 fully saturated rings. The van der Waals surface area contributed by atoms with Gasteiger partial charge in [0.15, 0.2) is 0 Å². The van der Waals surface area contributed by atoms with E-state index in [-0.39, 0.29) is 5.60 Å². The highest BCUT2D eigenvalue weighted by Gasteiger charge is 2.19. The summed E-state index contributed by atoms with van der Waals surface area (Å²) in [6.07, 6.45) is 0.724. The second-order valence-corrected chi connectivity index (χ2v) is 5.31. The first kappa shape index (κ1) is 17.3. The molecule has 2 N–H and O–H groups in total. The molecule has 0 aliphatic carbocycles. The van der Waals surface area contributed by atoms with Crippen LogP contribution in [-0.4, -0.2) is 37.1 Å². The lowest BCUT2D eigenvalue weighted by Gasteiger charge is -2.23. The van der Waals surface area contributed by atoms with E-state index in [0.717, 1.165) is 6.42 Å². The second kappa shape index (κ2) is 7.91. The lowest BCUT2D eigenvalue weighted by atomic mass is 10.1. The smallest absolute Gasteiger partial charge is 0.218 e. The van der Waals surface area contributed by atoms with Crippen LogP contribution in [0.1, 0.15) is 32.9 Å². The van der Waals surface area contributed by atoms with E-state index in [2.05, 4.69) is 6.07 Å². The molecular formula is C15H25N3O3. The van der Waals surface area contributed by atoms with Gasteiger partial charge in [-0.1, -0.05) is 0 Å². The molecule has 0 aliphatic heterocycles. The van der Waals surface area contributed by atoms with Crippen LogP contribution in [0.3, 0.4) is 0 Å². The van der Waals surface area contributed by atoms with Crippen molar-refractivity contribution in [2.24, 2.45) is 0 Å². The maximum atomic E-state index is 9.16. The Kier molecular flexibility index (Phi) is 6.53. The molecule has 0 aliphatic rings. The molecule has 0 unspecified atom stereocenters. The Balaban J connectivity index is 2.76. The van der Waals surface area contributed by atoms with Gasteiger partial charge in [0.1, 0.15) is 11.8 Å². The third-order valence-electron chi connectivity index (χ3n) is 3.35. The second-order valence-electron chi connectivity index (χ2n) is 5.31. The topological polar surface area (TPSA) is 82.4 Å². The molecule has 0 atom stereocenters. The first-order valence-electron chi connectivity index (χ1n) is 7.10. The third kappa shape index (κ3) is 4.96. The number of hydrogen-bond donors (Lipinski definition) is 1. The molecular weight excluding hydrogens is 270 g/mol. The summed E-state index contributed by atoms with van der Waals surface area (Å²) in [6.45, 7) is 8.07. The summed E-state index contributed by atoms with van der Waals surface area (Å²) in [7, 11) is 1.67. The van der Waals surface area contributed by atoms with Crippen molar-refractivity contribution in [1.82, 2.24) is 4.57 Å². The largest absolute Gasteiger partial charge is 0.477 e. The van der Waals surface area contributed by atoms with Gasteiger partial charge in [0.2, 0.25) is 5.88 Å². The molecule has 21 heavy (non-hydrogen) atoms. The van der Waals surface area contributed by atoms with Gasteiger partial charge < -0.3 is 19.9 Å². The summed E-state index contributed by atoms with van der Waals surface area (Å²) < 4.78 is 18.2. The highest BCUT2D eigenvalue weighted by Crippen LogP contribution is 2.27. The van der Waals surface area contributed by atoms with Crippen LogP contribution in [0, 0.1) is 11.3 Å². The van der Waals surface area contributed by atoms with E-state index in [4.69, 9.17) is 25.2 Å². The molecule has 0 bridgehead atoms. The molecule has 0 aromatic carbocycles. The van der Waals surface area contributed by atoms with Crippen molar-refractivity contribution in [3.8, 4) is 11.9 Å². The summed E-state index contributed by atoms with van der Waals surface area (Å²) in [6, 6.07) is 3.75. The van der Waals surface area contributed by atoms with Gasteiger partial charge in [-0.3, -0.25) is 4.57 Å². The minimum atomic E-state index is -0.254. The number of nitrogens with two attached hydrogens (primary N) is 1. The molecule has 0 radical (unpaired) electrons. The molecule has 0 saturated carbocycles. The van der Waals surface area contributed by atoms with Crippen LogP contribution in [-0.2, 0) is 16.0 Å². The SMILES string of the molecule is CCOCCn1c(C#N)cc(N)c1OCCC(C)(C)OC. The van der Waals surface area contributed by atoms with Crippen LogP contribution in [0.5, 0.6) is 5.88 Å². The van der Waals surface area contributed by atoms with Crippen LogP contribution in [0.15, 0.2) is 6.07 Å². The number of aromatic nitrogens is 1. The Labute approximate surface area is 126 Å². The molecule has 6 nitrogen and oxygen atoms in total. The summed E-state index contributed by atoms with van der Waals surface area (Å²) in [5, 5.41) is 9.16. The van der Waals surface area contributed by atoms with Gasteiger partial charge in [-0.2, -0.15) is 5.26 Å². The van der Waals surface area contributed by atoms with Crippen molar-refractivity contribution in [3.05, 3.63) is 11.8 Å². The Hall–Kier alpha value is -1.71. The van der Waals surface area contributed by atoms with E-state index >= 15 is 0 Å². The van der Waals surface area contributed by atoms with Gasteiger partial charge in [0, 0.05) is 26.2 Å². The molecule has 118 valence electrons. The summed E-state index contributed by atoms with van der Waals surface area (Å²) in [5.74, 6) is 0.526. The minimum absolute atomic E-state index is 0.254. The Bertz CT molecular complexity index is 489. The van der Waals surface area contributed by atoms with Crippen molar-refractivity contribution in [1.29, 1.82) is 5.26 Å². The number of hydrogen-bond acceptors (Lipinski definition) is 5. The number of nitrogen functional groups attached to an aromatic ring is 1. The van der Waals surface area contributed by atoms with Crippen LogP contribution >= 0.6 is 0 Å². The summed E-state index contributed by atoms with van der Waals surface area (Å²) in [5.41, 5.74) is 6.63. The summed E-state index contributed by atoms with van der Waals surface area (Å²) >= 11 is 0. The van der Waals surface area contributed by atoms with Crippen molar-refractivity contribution >= 4 is 5.69 Å². The van der Waals surface area contributed by atoms with Crippen LogP contribution in [0.25, 0.3) is 0 Å². The predicted molar refractivity (Wildman–Crippen MR) is 81.3 cm³/mol. The summed E-state index contributed by atoms with van der Waals surface area (Å²) in [4.78, 5) is 0. The molecule has 1 aromatic rings. The average Bonchev–Trinajstić information content (AvgIpc) is 2.75. The monoisotopic (exact) mass is 295 g/mol. The number of ether oxygens (including phenoxy) is 3. The molecule has 6 heteroatoms. The zero-order chi connectivity index (χ0) is 15.9. The van der Waals surface area contributed by atoms with Crippen LogP contribution in [0.2, 0.25) is 0 Å². The maximum absolute atomic E-state index is 9.16. The fourth-order valence-electron chi connectivity index (χ4n) is 1.82. The molecule has 1 aromatic heterocycles. The fourth-order valence-corrected chi connectivity index (χ4v) is 1.82. The van der Waals surface area contributed by atoms with Crippen molar-refractivity contribution < 1.29 is 14.2 Å². The van der Waals surface area contributed by atoms with Crippen molar-refractivity contribution in [3.63, 3.8) is 0 Å². The van der Waals surface area contributed by atoms with Gasteiger partial charge in [-0.05, 0) is 20.8 Å². The Morgan fingerprint density at radius 3 is 2.67 bits per heavy atom. The van der Waals surface area contributed by atoms with Crippen molar-refractivity contribution in [2.75, 3.05) is 32.7 Å². The van der Waals surface area contributed by atoms with Crippen LogP contribution in [0.4, 0.5) is 5.69 Å². The minimum Gasteiger partial charge on any atom is -0.477 e. The normalized spacial score (nSPS) is 11.4. The van der Waals surface area contributed by atoms with Crippen molar-refractivity contribution in [2.45, 2.75) is 39.3 Å². The lowest BCUT2D eigenvalue weighted by molar-refractivity contribution is 0.00469. The number of methoxy groups -OCH3 is 1. The fraction of sp³-hybridized carbons (Fsp3) is 0.667. The predicted octanol–water partition coefficient (Wildman–Crippen LogP) is 2.17. The molecule has 0 spiro atoms. The first-order chi connectivity index (χ1) is 9.95. The number of rotatable bonds is 9. The highest BCUT2D eigenvalue weighted by molar-refractivity contribution is 5.55. The first-order valence-corrected chi connectivity index (χ1v) is 7.10. The van der Waals surface area contributed by atoms with E-state index in [1.807, 2.05) is 20.8 Å². The zero-order valence-electron chi connectivity index (χ0n) is 13.3. The standard InChI is InChI=1S/C15H25N3O3/c1-5-20-9-7-18-12(11-16)10-13(17)14(18)21-8-6-15(2,3)19-4/h10H,5-9,17H2,1-4H3. The number of nitriles is 1. The van der Waals surface area contributed by atoms with E-state index in [0.29, 0.717) is 43.6 Å². The van der Waals surface area contributed by atoms with Gasteiger partial charge in [0.25, 0.3) is 0 Å². The highest BCUT2D eigenvalue weighted by atomic mass is 16.5. The number of anilines is 1. The van der Waals surface area contributed by atoms with E-state index in [1.54, 1.807) is 17.7 Å². The lowest BCUT2D eigenvalue weighted by Crippen LogP contribution is -2.25. The Morgan fingerprint density at radius 1 is 1.38 bits per heavy atom. The maximum Gasteiger partial charge on any atom is 0.218 e. The van der Waals surface area contributed by atoms with E-state index in [9.17, 15) is 0 Å². The molecule has 0 saturated heterocycles. The van der Waals surface area contributed by atoms with Gasteiger partial charge in [-0.25, -0.2) is 0 Å². The van der Waals surface area contributed by atoms with Gasteiger partial charge in [-0.15, -0.1) is 0 Å². The quantitative estimate of drug-likeness (QED) is 0.706. The van der Waals surface area contributed by atoms with Gasteiger partial charge in [0.05, 0.1) is 31.0 Å². The third-order valence-corrected chi connectivity index (χ3v) is 3.35. The number of nitrogens with zero attached hydrogens (tertiary/aromatic N) is 2. The van der Waals surface area contributed by atoms with Gasteiger partial charge >= 0.3 is 0 Å². The molecule has 1 heterocycles. The Morgan fingerprint density at radius 2 is 2.10 bits per heavy atom. The zero-order valence-corrected chi connectivity index (χ0v) is 13.3. The molecule has 0 amide bonds. The van der Waals surface area contributed by atoms with Crippen LogP contribution < -0.4 is 10.5 Å². The molecule has 1 rings (SSSR count). The average molecular weight is 295 g/mol. The van der Waals surface area contributed by atoms with E-state index in [1.165, 1.54) is 0 Å².